The summed E-state index contributed by atoms with van der Waals surface area (Å²) in [5, 5.41) is 0. The van der Waals surface area contributed by atoms with Crippen molar-refractivity contribution in [3.8, 4) is 5.75 Å². The highest BCUT2D eigenvalue weighted by molar-refractivity contribution is 5.30. The van der Waals surface area contributed by atoms with Crippen LogP contribution in [0.5, 0.6) is 5.75 Å². The van der Waals surface area contributed by atoms with Crippen LogP contribution in [0.1, 0.15) is 80.2 Å². The lowest BCUT2D eigenvalue weighted by Crippen LogP contribution is -2.23. The highest BCUT2D eigenvalue weighted by Gasteiger charge is 2.30. The molecule has 1 nitrogen and oxygen atoms in total. The van der Waals surface area contributed by atoms with Gasteiger partial charge >= 0.3 is 0 Å². The third-order valence-electron chi connectivity index (χ3n) is 3.82. The van der Waals surface area contributed by atoms with Gasteiger partial charge in [0.2, 0.25) is 0 Å². The minimum absolute atomic E-state index is 0.193. The molecule has 0 aliphatic rings. The van der Waals surface area contributed by atoms with Crippen molar-refractivity contribution in [3.63, 3.8) is 0 Å². The Labute approximate surface area is 138 Å². The lowest BCUT2D eigenvalue weighted by atomic mass is 9.69. The molecule has 1 atom stereocenters. The molecular weight excluding hydrogens is 268 g/mol. The van der Waals surface area contributed by atoms with Crippen LogP contribution in [0.3, 0.4) is 0 Å². The van der Waals surface area contributed by atoms with Crippen LogP contribution in [0, 0.1) is 16.2 Å². The normalized spacial score (nSPS) is 14.8. The van der Waals surface area contributed by atoms with Crippen molar-refractivity contribution in [2.24, 2.45) is 16.2 Å². The standard InChI is InChI=1S/C21H36O/c1-19(2,3)14-18(21(7,8)9)16-10-12-17(13-11-16)22-15-20(4,5)6/h10-13,18H,14-15H2,1-9H3. The van der Waals surface area contributed by atoms with Crippen LogP contribution in [-0.4, -0.2) is 6.61 Å². The molecule has 0 amide bonds. The molecule has 0 heterocycles. The minimum Gasteiger partial charge on any atom is -0.493 e. The first kappa shape index (κ1) is 19.1. The second-order valence-electron chi connectivity index (χ2n) is 10.1. The summed E-state index contributed by atoms with van der Waals surface area (Å²) in [7, 11) is 0. The van der Waals surface area contributed by atoms with Crippen molar-refractivity contribution in [3.05, 3.63) is 29.8 Å². The molecule has 1 rings (SSSR count). The fourth-order valence-electron chi connectivity index (χ4n) is 2.63. The summed E-state index contributed by atoms with van der Waals surface area (Å²) in [6, 6.07) is 8.75. The SMILES string of the molecule is CC(C)(C)COc1ccc(C(CC(C)(C)C)C(C)(C)C)cc1. The molecule has 1 unspecified atom stereocenters. The molecular formula is C21H36O. The third-order valence-corrected chi connectivity index (χ3v) is 3.82. The molecule has 0 fully saturated rings. The zero-order valence-corrected chi connectivity index (χ0v) is 16.2. The molecule has 0 saturated carbocycles. The van der Waals surface area contributed by atoms with Crippen LogP contribution < -0.4 is 4.74 Å². The summed E-state index contributed by atoms with van der Waals surface area (Å²) in [4.78, 5) is 0. The number of rotatable bonds is 4. The molecule has 0 bridgehead atoms. The molecule has 0 spiro atoms. The van der Waals surface area contributed by atoms with E-state index >= 15 is 0 Å². The van der Waals surface area contributed by atoms with E-state index in [2.05, 4.69) is 86.6 Å². The van der Waals surface area contributed by atoms with Crippen molar-refractivity contribution in [1.82, 2.24) is 0 Å². The highest BCUT2D eigenvalue weighted by atomic mass is 16.5. The zero-order chi connectivity index (χ0) is 17.2. The van der Waals surface area contributed by atoms with Gasteiger partial charge < -0.3 is 4.74 Å². The van der Waals surface area contributed by atoms with Crippen molar-refractivity contribution >= 4 is 0 Å². The zero-order valence-electron chi connectivity index (χ0n) is 16.2. The smallest absolute Gasteiger partial charge is 0.119 e. The Bertz CT molecular complexity index is 449. The maximum atomic E-state index is 5.89. The Kier molecular flexibility index (Phi) is 5.76. The molecule has 0 aliphatic carbocycles. The van der Waals surface area contributed by atoms with Crippen molar-refractivity contribution in [1.29, 1.82) is 0 Å². The van der Waals surface area contributed by atoms with Gasteiger partial charge in [0, 0.05) is 0 Å². The quantitative estimate of drug-likeness (QED) is 0.603. The molecule has 0 N–H and O–H groups in total. The molecule has 0 aromatic heterocycles. The first-order chi connectivity index (χ1) is 9.78. The number of ether oxygens (including phenoxy) is 1. The fourth-order valence-corrected chi connectivity index (χ4v) is 2.63. The molecule has 22 heavy (non-hydrogen) atoms. The van der Waals surface area contributed by atoms with Crippen molar-refractivity contribution < 1.29 is 4.74 Å². The first-order valence-electron chi connectivity index (χ1n) is 8.51. The van der Waals surface area contributed by atoms with Crippen LogP contribution in [0.15, 0.2) is 24.3 Å². The van der Waals surface area contributed by atoms with Gasteiger partial charge in [0.25, 0.3) is 0 Å². The van der Waals surface area contributed by atoms with Gasteiger partial charge in [0.1, 0.15) is 5.75 Å². The van der Waals surface area contributed by atoms with Crippen LogP contribution in [0.2, 0.25) is 0 Å². The summed E-state index contributed by atoms with van der Waals surface area (Å²) in [6.07, 6.45) is 1.19. The maximum Gasteiger partial charge on any atom is 0.119 e. The molecule has 0 radical (unpaired) electrons. The van der Waals surface area contributed by atoms with Crippen LogP contribution in [0.4, 0.5) is 0 Å². The van der Waals surface area contributed by atoms with E-state index in [0.29, 0.717) is 11.3 Å². The maximum absolute atomic E-state index is 5.89. The Hall–Kier alpha value is -0.980. The Morgan fingerprint density at radius 3 is 1.64 bits per heavy atom. The van der Waals surface area contributed by atoms with Gasteiger partial charge in [-0.2, -0.15) is 0 Å². The first-order valence-corrected chi connectivity index (χ1v) is 8.51. The lowest BCUT2D eigenvalue weighted by Gasteiger charge is -2.36. The van der Waals surface area contributed by atoms with Gasteiger partial charge in [-0.15, -0.1) is 0 Å². The lowest BCUT2D eigenvalue weighted by molar-refractivity contribution is 0.197. The van der Waals surface area contributed by atoms with E-state index in [1.165, 1.54) is 12.0 Å². The summed E-state index contributed by atoms with van der Waals surface area (Å²) in [5.41, 5.74) is 2.21. The Morgan fingerprint density at radius 2 is 1.27 bits per heavy atom. The van der Waals surface area contributed by atoms with Gasteiger partial charge in [-0.25, -0.2) is 0 Å². The average Bonchev–Trinajstić information content (AvgIpc) is 2.31. The predicted octanol–water partition coefficient (Wildman–Crippen LogP) is 6.68. The van der Waals surface area contributed by atoms with E-state index in [9.17, 15) is 0 Å². The van der Waals surface area contributed by atoms with E-state index in [-0.39, 0.29) is 10.8 Å². The third kappa shape index (κ3) is 6.85. The number of hydrogen-bond donors (Lipinski definition) is 0. The molecule has 1 aromatic carbocycles. The van der Waals surface area contributed by atoms with Crippen LogP contribution in [0.25, 0.3) is 0 Å². The molecule has 126 valence electrons. The van der Waals surface area contributed by atoms with Crippen LogP contribution in [-0.2, 0) is 0 Å². The van der Waals surface area contributed by atoms with E-state index < -0.39 is 0 Å². The van der Waals surface area contributed by atoms with Gasteiger partial charge in [-0.05, 0) is 46.3 Å². The van der Waals surface area contributed by atoms with E-state index in [0.717, 1.165) is 12.4 Å². The van der Waals surface area contributed by atoms with Gasteiger partial charge in [-0.3, -0.25) is 0 Å². The van der Waals surface area contributed by atoms with Gasteiger partial charge in [0.05, 0.1) is 6.61 Å². The minimum atomic E-state index is 0.193. The second-order valence-corrected chi connectivity index (χ2v) is 10.1. The number of hydrogen-bond acceptors (Lipinski definition) is 1. The van der Waals surface area contributed by atoms with Crippen molar-refractivity contribution in [2.75, 3.05) is 6.61 Å². The molecule has 0 saturated heterocycles. The van der Waals surface area contributed by atoms with E-state index in [4.69, 9.17) is 4.74 Å². The Balaban J connectivity index is 2.89. The number of benzene rings is 1. The van der Waals surface area contributed by atoms with Crippen LogP contribution >= 0.6 is 0 Å². The largest absolute Gasteiger partial charge is 0.493 e. The predicted molar refractivity (Wildman–Crippen MR) is 97.7 cm³/mol. The second kappa shape index (κ2) is 6.64. The monoisotopic (exact) mass is 304 g/mol. The summed E-state index contributed by atoms with van der Waals surface area (Å²) < 4.78 is 5.89. The van der Waals surface area contributed by atoms with E-state index in [1.807, 2.05) is 0 Å². The highest BCUT2D eigenvalue weighted by Crippen LogP contribution is 2.43. The topological polar surface area (TPSA) is 9.23 Å². The molecule has 1 aromatic rings. The van der Waals surface area contributed by atoms with E-state index in [1.54, 1.807) is 0 Å². The fraction of sp³-hybridized carbons (Fsp3) is 0.714. The average molecular weight is 305 g/mol. The summed E-state index contributed by atoms with van der Waals surface area (Å²) in [5.74, 6) is 1.53. The molecule has 0 aliphatic heterocycles. The van der Waals surface area contributed by atoms with Crippen molar-refractivity contribution in [2.45, 2.75) is 74.7 Å². The van der Waals surface area contributed by atoms with Gasteiger partial charge in [-0.1, -0.05) is 74.4 Å². The van der Waals surface area contributed by atoms with Gasteiger partial charge in [0.15, 0.2) is 0 Å². The summed E-state index contributed by atoms with van der Waals surface area (Å²) >= 11 is 0. The Morgan fingerprint density at radius 1 is 0.773 bits per heavy atom. The molecule has 1 heteroatoms. The summed E-state index contributed by atoms with van der Waals surface area (Å²) in [6.45, 7) is 21.3.